The zero-order valence-electron chi connectivity index (χ0n) is 18.9. The zero-order valence-corrected chi connectivity index (χ0v) is 19.7. The maximum Gasteiger partial charge on any atom is 0.255 e. The van der Waals surface area contributed by atoms with Gasteiger partial charge in [0.1, 0.15) is 0 Å². The van der Waals surface area contributed by atoms with Gasteiger partial charge in [0.25, 0.3) is 5.91 Å². The minimum absolute atomic E-state index is 0.0202. The number of hydrogen-bond donors (Lipinski definition) is 1. The Kier molecular flexibility index (Phi) is 9.07. The first-order chi connectivity index (χ1) is 15.4. The predicted octanol–water partition coefficient (Wildman–Crippen LogP) is 2.26. The Morgan fingerprint density at radius 1 is 1.09 bits per heavy atom. The van der Waals surface area contributed by atoms with E-state index in [1.807, 2.05) is 0 Å². The van der Waals surface area contributed by atoms with Gasteiger partial charge >= 0.3 is 0 Å². The lowest BCUT2D eigenvalue weighted by molar-refractivity contribution is -0.126. The van der Waals surface area contributed by atoms with E-state index in [9.17, 15) is 18.0 Å². The summed E-state index contributed by atoms with van der Waals surface area (Å²) in [5.41, 5.74) is 0.166. The van der Waals surface area contributed by atoms with Crippen LogP contribution in [0.25, 0.3) is 0 Å². The lowest BCUT2D eigenvalue weighted by Gasteiger charge is -2.33. The molecule has 9 heteroatoms. The largest absolute Gasteiger partial charge is 0.379 e. The summed E-state index contributed by atoms with van der Waals surface area (Å²) in [7, 11) is -3.80. The summed E-state index contributed by atoms with van der Waals surface area (Å²) < 4.78 is 33.0. The van der Waals surface area contributed by atoms with Crippen molar-refractivity contribution in [3.8, 4) is 0 Å². The highest BCUT2D eigenvalue weighted by Crippen LogP contribution is 2.25. The SMILES string of the molecule is CCCCCCNC(=O)C1CCCN(C(=O)c2ccccc2S(=O)(=O)N2CCOCC2)C1. The molecule has 0 aromatic heterocycles. The van der Waals surface area contributed by atoms with Crippen molar-refractivity contribution in [3.63, 3.8) is 0 Å². The highest BCUT2D eigenvalue weighted by atomic mass is 32.2. The summed E-state index contributed by atoms with van der Waals surface area (Å²) in [5, 5.41) is 3.00. The van der Waals surface area contributed by atoms with E-state index in [-0.39, 0.29) is 41.3 Å². The average molecular weight is 466 g/mol. The van der Waals surface area contributed by atoms with Gasteiger partial charge in [-0.3, -0.25) is 9.59 Å². The molecule has 2 heterocycles. The van der Waals surface area contributed by atoms with E-state index in [1.54, 1.807) is 23.1 Å². The second-order valence-corrected chi connectivity index (χ2v) is 10.4. The molecule has 0 bridgehead atoms. The first-order valence-electron chi connectivity index (χ1n) is 11.7. The highest BCUT2D eigenvalue weighted by Gasteiger charge is 2.34. The number of ether oxygens (including phenoxy) is 1. The van der Waals surface area contributed by atoms with Gasteiger partial charge < -0.3 is 15.0 Å². The number of benzene rings is 1. The Balaban J connectivity index is 1.68. The van der Waals surface area contributed by atoms with Crippen molar-refractivity contribution in [2.24, 2.45) is 5.92 Å². The van der Waals surface area contributed by atoms with Crippen LogP contribution in [0, 0.1) is 5.92 Å². The topological polar surface area (TPSA) is 96.0 Å². The summed E-state index contributed by atoms with van der Waals surface area (Å²) in [4.78, 5) is 27.6. The molecular weight excluding hydrogens is 430 g/mol. The number of nitrogens with zero attached hydrogens (tertiary/aromatic N) is 2. The predicted molar refractivity (Wildman–Crippen MR) is 122 cm³/mol. The third kappa shape index (κ3) is 6.08. The van der Waals surface area contributed by atoms with Crippen molar-refractivity contribution in [2.45, 2.75) is 50.3 Å². The normalized spacial score (nSPS) is 20.2. The number of hydrogen-bond acceptors (Lipinski definition) is 5. The number of piperidine rings is 1. The van der Waals surface area contributed by atoms with Crippen molar-refractivity contribution in [3.05, 3.63) is 29.8 Å². The standard InChI is InChI=1S/C23H35N3O5S/c1-2-3-4-7-12-24-22(27)19-9-8-13-25(18-19)23(28)20-10-5-6-11-21(20)32(29,30)26-14-16-31-17-15-26/h5-6,10-11,19H,2-4,7-9,12-18H2,1H3,(H,24,27). The third-order valence-corrected chi connectivity index (χ3v) is 8.07. The van der Waals surface area contributed by atoms with Crippen LogP contribution in [0.3, 0.4) is 0 Å². The Morgan fingerprint density at radius 3 is 2.59 bits per heavy atom. The Labute approximate surface area is 191 Å². The highest BCUT2D eigenvalue weighted by molar-refractivity contribution is 7.89. The summed E-state index contributed by atoms with van der Waals surface area (Å²) in [6, 6.07) is 6.36. The molecule has 2 amide bonds. The molecule has 32 heavy (non-hydrogen) atoms. The van der Waals surface area contributed by atoms with Crippen LogP contribution >= 0.6 is 0 Å². The van der Waals surface area contributed by atoms with Gasteiger partial charge in [-0.2, -0.15) is 4.31 Å². The molecule has 2 aliphatic rings. The van der Waals surface area contributed by atoms with Gasteiger partial charge in [-0.05, 0) is 31.4 Å². The van der Waals surface area contributed by atoms with Crippen LogP contribution < -0.4 is 5.32 Å². The van der Waals surface area contributed by atoms with E-state index in [0.717, 1.165) is 38.5 Å². The fraction of sp³-hybridized carbons (Fsp3) is 0.652. The lowest BCUT2D eigenvalue weighted by Crippen LogP contribution is -2.46. The van der Waals surface area contributed by atoms with Gasteiger partial charge in [0.2, 0.25) is 15.9 Å². The van der Waals surface area contributed by atoms with Gasteiger partial charge in [0, 0.05) is 32.7 Å². The Bertz CT molecular complexity index is 883. The van der Waals surface area contributed by atoms with E-state index >= 15 is 0 Å². The number of unbranched alkanes of at least 4 members (excludes halogenated alkanes) is 3. The summed E-state index contributed by atoms with van der Waals surface area (Å²) in [6.07, 6.45) is 5.82. The van der Waals surface area contributed by atoms with Gasteiger partial charge in [-0.15, -0.1) is 0 Å². The van der Waals surface area contributed by atoms with E-state index < -0.39 is 10.0 Å². The lowest BCUT2D eigenvalue weighted by atomic mass is 9.96. The van der Waals surface area contributed by atoms with Crippen LogP contribution in [0.1, 0.15) is 55.8 Å². The van der Waals surface area contributed by atoms with E-state index in [0.29, 0.717) is 32.8 Å². The van der Waals surface area contributed by atoms with Crippen LogP contribution in [0.4, 0.5) is 0 Å². The smallest absolute Gasteiger partial charge is 0.255 e. The van der Waals surface area contributed by atoms with Crippen LogP contribution in [-0.4, -0.2) is 75.4 Å². The summed E-state index contributed by atoms with van der Waals surface area (Å²) in [6.45, 7) is 4.87. The molecule has 1 atom stereocenters. The Morgan fingerprint density at radius 2 is 1.84 bits per heavy atom. The van der Waals surface area contributed by atoms with Crippen LogP contribution in [0.15, 0.2) is 29.2 Å². The number of sulfonamides is 1. The number of nitrogens with one attached hydrogen (secondary N) is 1. The van der Waals surface area contributed by atoms with Crippen molar-refractivity contribution in [1.82, 2.24) is 14.5 Å². The second-order valence-electron chi connectivity index (χ2n) is 8.45. The van der Waals surface area contributed by atoms with Crippen molar-refractivity contribution >= 4 is 21.8 Å². The first kappa shape index (κ1) is 24.7. The van der Waals surface area contributed by atoms with Crippen molar-refractivity contribution in [2.75, 3.05) is 45.9 Å². The average Bonchev–Trinajstić information content (AvgIpc) is 2.84. The van der Waals surface area contributed by atoms with Crippen LogP contribution in [0.2, 0.25) is 0 Å². The number of likely N-dealkylation sites (tertiary alicyclic amines) is 1. The third-order valence-electron chi connectivity index (χ3n) is 6.11. The molecule has 0 radical (unpaired) electrons. The van der Waals surface area contributed by atoms with E-state index in [4.69, 9.17) is 4.74 Å². The molecule has 0 spiro atoms. The van der Waals surface area contributed by atoms with Crippen molar-refractivity contribution in [1.29, 1.82) is 0 Å². The van der Waals surface area contributed by atoms with Gasteiger partial charge in [-0.25, -0.2) is 8.42 Å². The van der Waals surface area contributed by atoms with Gasteiger partial charge in [-0.1, -0.05) is 38.3 Å². The minimum Gasteiger partial charge on any atom is -0.379 e. The summed E-state index contributed by atoms with van der Waals surface area (Å²) >= 11 is 0. The van der Waals surface area contributed by atoms with E-state index in [2.05, 4.69) is 12.2 Å². The number of carbonyl (C=O) groups is 2. The second kappa shape index (κ2) is 11.8. The Hall–Kier alpha value is -1.97. The number of carbonyl (C=O) groups excluding carboxylic acids is 2. The number of morpholine rings is 1. The maximum atomic E-state index is 13.3. The van der Waals surface area contributed by atoms with Crippen LogP contribution in [-0.2, 0) is 19.6 Å². The molecule has 2 saturated heterocycles. The van der Waals surface area contributed by atoms with Crippen molar-refractivity contribution < 1.29 is 22.7 Å². The quantitative estimate of drug-likeness (QED) is 0.565. The molecule has 1 N–H and O–H groups in total. The molecule has 0 aliphatic carbocycles. The maximum absolute atomic E-state index is 13.3. The van der Waals surface area contributed by atoms with Crippen LogP contribution in [0.5, 0.6) is 0 Å². The molecule has 1 aromatic rings. The fourth-order valence-electron chi connectivity index (χ4n) is 4.25. The fourth-order valence-corrected chi connectivity index (χ4v) is 5.84. The number of amides is 2. The molecule has 2 aliphatic heterocycles. The molecule has 8 nitrogen and oxygen atoms in total. The van der Waals surface area contributed by atoms with Gasteiger partial charge in [0.05, 0.1) is 29.6 Å². The molecule has 1 aromatic carbocycles. The minimum atomic E-state index is -3.80. The van der Waals surface area contributed by atoms with E-state index in [1.165, 1.54) is 10.4 Å². The number of rotatable bonds is 9. The molecular formula is C23H35N3O5S. The molecule has 2 fully saturated rings. The molecule has 178 valence electrons. The van der Waals surface area contributed by atoms with Gasteiger partial charge in [0.15, 0.2) is 0 Å². The zero-order chi connectivity index (χ0) is 23.0. The molecule has 1 unspecified atom stereocenters. The molecule has 3 rings (SSSR count). The first-order valence-corrected chi connectivity index (χ1v) is 13.1. The summed E-state index contributed by atoms with van der Waals surface area (Å²) in [5.74, 6) is -0.618. The molecule has 0 saturated carbocycles. The monoisotopic (exact) mass is 465 g/mol.